The first-order chi connectivity index (χ1) is 4.60. The zero-order valence-electron chi connectivity index (χ0n) is 7.52. The molecular weight excluding hydrogens is 119 g/mol. The first-order valence-electron chi connectivity index (χ1n) is 4.60. The summed E-state index contributed by atoms with van der Waals surface area (Å²) in [6, 6.07) is 0. The maximum absolute atomic E-state index is 2.42. The molecule has 0 radical (unpaired) electrons. The van der Waals surface area contributed by atoms with E-state index in [2.05, 4.69) is 27.7 Å². The van der Waals surface area contributed by atoms with Gasteiger partial charge in [0.15, 0.2) is 6.71 Å². The van der Waals surface area contributed by atoms with Crippen molar-refractivity contribution < 1.29 is 0 Å². The van der Waals surface area contributed by atoms with E-state index in [9.17, 15) is 0 Å². The fourth-order valence-corrected chi connectivity index (χ4v) is 3.33. The van der Waals surface area contributed by atoms with Gasteiger partial charge in [0.2, 0.25) is 0 Å². The zero-order valence-corrected chi connectivity index (χ0v) is 7.52. The molecule has 0 nitrogen and oxygen atoms in total. The molecule has 2 unspecified atom stereocenters. The lowest BCUT2D eigenvalue weighted by molar-refractivity contribution is 0.487. The number of rotatable bonds is 2. The molecule has 56 valence electrons. The Labute approximate surface area is 64.5 Å². The van der Waals surface area contributed by atoms with Crippen molar-refractivity contribution in [1.29, 1.82) is 0 Å². The second-order valence-electron chi connectivity index (χ2n) is 4.81. The summed E-state index contributed by atoms with van der Waals surface area (Å²) in [6.07, 6.45) is 1.49. The third-order valence-corrected chi connectivity index (χ3v) is 3.94. The van der Waals surface area contributed by atoms with Crippen molar-refractivity contribution in [3.8, 4) is 0 Å². The molecule has 2 fully saturated rings. The van der Waals surface area contributed by atoms with E-state index in [4.69, 9.17) is 0 Å². The molecule has 2 saturated heterocycles. The molecule has 10 heavy (non-hydrogen) atoms. The monoisotopic (exact) mass is 136 g/mol. The first-order valence-corrected chi connectivity index (χ1v) is 4.60. The second-order valence-corrected chi connectivity index (χ2v) is 4.81. The van der Waals surface area contributed by atoms with Crippen LogP contribution >= 0.6 is 0 Å². The van der Waals surface area contributed by atoms with Crippen molar-refractivity contribution in [2.75, 3.05) is 0 Å². The van der Waals surface area contributed by atoms with Crippen molar-refractivity contribution in [1.82, 2.24) is 0 Å². The Morgan fingerprint density at radius 2 is 1.80 bits per heavy atom. The maximum Gasteiger partial charge on any atom is 0.151 e. The second kappa shape index (κ2) is 1.62. The molecule has 2 rings (SSSR count). The fourth-order valence-electron chi connectivity index (χ4n) is 3.33. The molecule has 0 amide bonds. The molecule has 0 aromatic rings. The van der Waals surface area contributed by atoms with Crippen LogP contribution < -0.4 is 0 Å². The summed E-state index contributed by atoms with van der Waals surface area (Å²) in [5, 5.41) is 0.855. The molecular formula is C9H17B. The van der Waals surface area contributed by atoms with Crippen molar-refractivity contribution in [3.63, 3.8) is 0 Å². The molecule has 0 aliphatic carbocycles. The van der Waals surface area contributed by atoms with Gasteiger partial charge in [0.1, 0.15) is 0 Å². The Morgan fingerprint density at radius 1 is 1.30 bits per heavy atom. The van der Waals surface area contributed by atoms with E-state index in [0.717, 1.165) is 29.6 Å². The van der Waals surface area contributed by atoms with E-state index in [1.807, 2.05) is 0 Å². The van der Waals surface area contributed by atoms with E-state index < -0.39 is 0 Å². The van der Waals surface area contributed by atoms with Gasteiger partial charge < -0.3 is 0 Å². The lowest BCUT2D eigenvalue weighted by Gasteiger charge is -2.16. The highest BCUT2D eigenvalue weighted by Crippen LogP contribution is 2.92. The number of hydrogen-bond donors (Lipinski definition) is 0. The molecule has 2 atom stereocenters. The van der Waals surface area contributed by atoms with Crippen LogP contribution in [0.4, 0.5) is 0 Å². The molecule has 0 aromatic carbocycles. The van der Waals surface area contributed by atoms with Crippen LogP contribution in [0.3, 0.4) is 0 Å². The lowest BCUT2D eigenvalue weighted by Crippen LogP contribution is -1.95. The zero-order chi connectivity index (χ0) is 7.52. The standard InChI is InChI=1S/C9H17B/c1-6(2)5-9-7(3)10(9)8(9)4/h6-8H,5H2,1-4H3. The van der Waals surface area contributed by atoms with Gasteiger partial charge >= 0.3 is 0 Å². The van der Waals surface area contributed by atoms with Gasteiger partial charge in [-0.15, -0.1) is 0 Å². The SMILES string of the molecule is CC(C)CC12B(C1C)C2C. The van der Waals surface area contributed by atoms with Crippen LogP contribution in [0.15, 0.2) is 0 Å². The molecule has 0 N–H and O–H groups in total. The number of hydrogen-bond acceptors (Lipinski definition) is 0. The minimum atomic E-state index is 0.855. The summed E-state index contributed by atoms with van der Waals surface area (Å²) >= 11 is 0. The third kappa shape index (κ3) is 0.550. The minimum Gasteiger partial charge on any atom is -0.0692 e. The van der Waals surface area contributed by atoms with Crippen molar-refractivity contribution >= 4 is 6.71 Å². The molecule has 0 spiro atoms. The predicted molar refractivity (Wildman–Crippen MR) is 46.8 cm³/mol. The van der Waals surface area contributed by atoms with E-state index in [1.165, 1.54) is 6.42 Å². The lowest BCUT2D eigenvalue weighted by atomic mass is 9.72. The van der Waals surface area contributed by atoms with E-state index >= 15 is 0 Å². The van der Waals surface area contributed by atoms with Crippen LogP contribution in [-0.2, 0) is 0 Å². The first kappa shape index (κ1) is 6.76. The molecule has 0 bridgehead atoms. The smallest absolute Gasteiger partial charge is 0.0692 e. The maximum atomic E-state index is 2.42. The summed E-state index contributed by atoms with van der Waals surface area (Å²) in [4.78, 5) is 0. The van der Waals surface area contributed by atoms with E-state index in [-0.39, 0.29) is 0 Å². The van der Waals surface area contributed by atoms with Gasteiger partial charge in [0, 0.05) is 0 Å². The highest BCUT2D eigenvalue weighted by atomic mass is 14.6. The molecule has 2 aliphatic rings. The Hall–Kier alpha value is 0.0649. The predicted octanol–water partition coefficient (Wildman–Crippen LogP) is 3.08. The summed E-state index contributed by atoms with van der Waals surface area (Å²) in [5.74, 6) is 3.06. The minimum absolute atomic E-state index is 0.855. The van der Waals surface area contributed by atoms with Crippen molar-refractivity contribution in [2.45, 2.75) is 51.1 Å². The quantitative estimate of drug-likeness (QED) is 0.511. The van der Waals surface area contributed by atoms with E-state index in [1.54, 1.807) is 0 Å². The molecule has 1 heteroatoms. The van der Waals surface area contributed by atoms with Gasteiger partial charge in [-0.2, -0.15) is 0 Å². The van der Waals surface area contributed by atoms with Crippen LogP contribution in [0.2, 0.25) is 16.9 Å². The molecule has 2 aliphatic heterocycles. The van der Waals surface area contributed by atoms with Crippen LogP contribution in [0.1, 0.15) is 34.1 Å². The van der Waals surface area contributed by atoms with Crippen LogP contribution in [0.25, 0.3) is 0 Å². The van der Waals surface area contributed by atoms with Gasteiger partial charge in [0.05, 0.1) is 0 Å². The summed E-state index contributed by atoms with van der Waals surface area (Å²) < 4.78 is 0. The summed E-state index contributed by atoms with van der Waals surface area (Å²) in [7, 11) is 0. The van der Waals surface area contributed by atoms with E-state index in [0.29, 0.717) is 0 Å². The van der Waals surface area contributed by atoms with Gasteiger partial charge in [-0.1, -0.05) is 51.1 Å². The Balaban J connectivity index is 1.95. The van der Waals surface area contributed by atoms with Crippen LogP contribution in [0, 0.1) is 5.92 Å². The average molecular weight is 136 g/mol. The largest absolute Gasteiger partial charge is 0.151 e. The van der Waals surface area contributed by atoms with Gasteiger partial charge in [0.25, 0.3) is 0 Å². The van der Waals surface area contributed by atoms with Gasteiger partial charge in [-0.3, -0.25) is 0 Å². The highest BCUT2D eigenvalue weighted by molar-refractivity contribution is 6.91. The normalized spacial score (nSPS) is 49.5. The van der Waals surface area contributed by atoms with Crippen molar-refractivity contribution in [2.24, 2.45) is 5.92 Å². The molecule has 2 heterocycles. The highest BCUT2D eigenvalue weighted by Gasteiger charge is 2.83. The van der Waals surface area contributed by atoms with Gasteiger partial charge in [-0.05, 0) is 5.92 Å². The summed E-state index contributed by atoms with van der Waals surface area (Å²) in [5.41, 5.74) is 0. The Bertz CT molecular complexity index is 152. The Kier molecular flexibility index (Phi) is 1.10. The molecule has 0 aromatic heterocycles. The number of fused-ring (bicyclic) bond motifs is 1. The third-order valence-electron chi connectivity index (χ3n) is 3.94. The van der Waals surface area contributed by atoms with Crippen LogP contribution in [0.5, 0.6) is 0 Å². The van der Waals surface area contributed by atoms with Crippen molar-refractivity contribution in [3.05, 3.63) is 0 Å². The Morgan fingerprint density at radius 3 is 1.90 bits per heavy atom. The molecule has 0 saturated carbocycles. The topological polar surface area (TPSA) is 0 Å². The van der Waals surface area contributed by atoms with Crippen LogP contribution in [-0.4, -0.2) is 6.71 Å². The van der Waals surface area contributed by atoms with Gasteiger partial charge in [-0.25, -0.2) is 0 Å². The summed E-state index contributed by atoms with van der Waals surface area (Å²) in [6.45, 7) is 10.7. The fraction of sp³-hybridized carbons (Fsp3) is 1.00. The average Bonchev–Trinajstić information content (AvgIpc) is 2.56.